The summed E-state index contributed by atoms with van der Waals surface area (Å²) in [5.74, 6) is 0. The molecule has 0 saturated heterocycles. The third kappa shape index (κ3) is 3.77. The van der Waals surface area contributed by atoms with Gasteiger partial charge in [0, 0.05) is 9.26 Å². The number of hydrogen-bond donors (Lipinski definition) is 1. The van der Waals surface area contributed by atoms with Gasteiger partial charge in [-0.3, -0.25) is 0 Å². The normalized spacial score (nSPS) is 23.3. The molecule has 0 bridgehead atoms. The fourth-order valence-corrected chi connectivity index (χ4v) is 4.06. The molecule has 4 heteroatoms. The van der Waals surface area contributed by atoms with Crippen LogP contribution in [0.3, 0.4) is 0 Å². The van der Waals surface area contributed by atoms with Crippen LogP contribution in [0.4, 0.5) is 5.69 Å². The zero-order chi connectivity index (χ0) is 15.0. The lowest BCUT2D eigenvalue weighted by Crippen LogP contribution is -2.53. The molecule has 2 nitrogen and oxygen atoms in total. The van der Waals surface area contributed by atoms with Crippen LogP contribution in [-0.4, -0.2) is 20.5 Å². The van der Waals surface area contributed by atoms with Gasteiger partial charge >= 0.3 is 0 Å². The highest BCUT2D eigenvalue weighted by Crippen LogP contribution is 2.40. The molecule has 2 atom stereocenters. The lowest BCUT2D eigenvalue weighted by molar-refractivity contribution is 0.0881. The summed E-state index contributed by atoms with van der Waals surface area (Å²) < 4.78 is 7.80. The van der Waals surface area contributed by atoms with E-state index in [1.165, 1.54) is 22.1 Å². The van der Waals surface area contributed by atoms with Crippen LogP contribution in [0, 0.1) is 3.57 Å². The van der Waals surface area contributed by atoms with Crippen LogP contribution in [0.25, 0.3) is 0 Å². The second-order valence-corrected chi connectivity index (χ2v) is 13.3. The van der Waals surface area contributed by atoms with Crippen molar-refractivity contribution in [1.82, 2.24) is 0 Å². The molecule has 1 saturated carbocycles. The Hall–Kier alpha value is -0.0731. The van der Waals surface area contributed by atoms with E-state index in [9.17, 15) is 0 Å². The van der Waals surface area contributed by atoms with E-state index in [2.05, 4.69) is 86.0 Å². The quantitative estimate of drug-likeness (QED) is 0.547. The van der Waals surface area contributed by atoms with Crippen molar-refractivity contribution in [2.75, 3.05) is 5.32 Å². The first-order chi connectivity index (χ1) is 9.19. The molecule has 1 aromatic carbocycles. The molecule has 0 aliphatic heterocycles. The first-order valence-corrected chi connectivity index (χ1v) is 11.4. The lowest BCUT2D eigenvalue weighted by atomic mass is 9.89. The molecule has 1 N–H and O–H groups in total. The van der Waals surface area contributed by atoms with Crippen molar-refractivity contribution < 1.29 is 4.43 Å². The van der Waals surface area contributed by atoms with Crippen LogP contribution in [0.1, 0.15) is 33.6 Å². The smallest absolute Gasteiger partial charge is 0.192 e. The van der Waals surface area contributed by atoms with E-state index in [0.29, 0.717) is 12.1 Å². The predicted octanol–water partition coefficient (Wildman–Crippen LogP) is 5.26. The van der Waals surface area contributed by atoms with Gasteiger partial charge in [0.1, 0.15) is 0 Å². The lowest BCUT2D eigenvalue weighted by Gasteiger charge is -2.46. The van der Waals surface area contributed by atoms with E-state index in [1.54, 1.807) is 0 Å². The molecular weight excluding hydrogens is 377 g/mol. The van der Waals surface area contributed by atoms with Crippen LogP contribution in [0.2, 0.25) is 18.1 Å². The summed E-state index contributed by atoms with van der Waals surface area (Å²) in [6.07, 6.45) is 2.78. The van der Waals surface area contributed by atoms with Crippen molar-refractivity contribution in [1.29, 1.82) is 0 Å². The van der Waals surface area contributed by atoms with Crippen molar-refractivity contribution in [3.63, 3.8) is 0 Å². The maximum Gasteiger partial charge on any atom is 0.192 e. The standard InChI is InChI=1S/C16H26INOSi/c1-16(2,3)20(4,5)19-15-10-9-14(15)18-13-8-6-7-12(17)11-13/h6-8,11,14-15,18H,9-10H2,1-5H3/t14-,15-/m0/s1. The van der Waals surface area contributed by atoms with Gasteiger partial charge in [0.25, 0.3) is 0 Å². The second-order valence-electron chi connectivity index (χ2n) is 7.26. The molecule has 1 aliphatic carbocycles. The van der Waals surface area contributed by atoms with Crippen LogP contribution < -0.4 is 5.32 Å². The maximum atomic E-state index is 6.53. The summed E-state index contributed by atoms with van der Waals surface area (Å²) in [5, 5.41) is 3.92. The van der Waals surface area contributed by atoms with E-state index >= 15 is 0 Å². The summed E-state index contributed by atoms with van der Waals surface area (Å²) in [7, 11) is -1.65. The van der Waals surface area contributed by atoms with Gasteiger partial charge in [-0.05, 0) is 71.8 Å². The molecule has 1 aromatic rings. The van der Waals surface area contributed by atoms with E-state index in [1.807, 2.05) is 0 Å². The number of halogens is 1. The average molecular weight is 403 g/mol. The summed E-state index contributed by atoms with van der Waals surface area (Å²) in [6.45, 7) is 11.6. The molecular formula is C16H26INOSi. The Labute approximate surface area is 138 Å². The van der Waals surface area contributed by atoms with Gasteiger partial charge in [-0.1, -0.05) is 26.8 Å². The fraction of sp³-hybridized carbons (Fsp3) is 0.625. The molecule has 1 aliphatic rings. The number of hydrogen-bond acceptors (Lipinski definition) is 2. The predicted molar refractivity (Wildman–Crippen MR) is 97.9 cm³/mol. The number of rotatable bonds is 4. The molecule has 0 heterocycles. The molecule has 20 heavy (non-hydrogen) atoms. The zero-order valence-electron chi connectivity index (χ0n) is 13.2. The number of benzene rings is 1. The molecule has 0 aromatic heterocycles. The highest BCUT2D eigenvalue weighted by atomic mass is 127. The molecule has 0 amide bonds. The van der Waals surface area contributed by atoms with Crippen molar-refractivity contribution in [3.8, 4) is 0 Å². The molecule has 0 spiro atoms. The Kier molecular flexibility index (Phi) is 4.86. The molecule has 2 rings (SSSR count). The third-order valence-electron chi connectivity index (χ3n) is 4.64. The van der Waals surface area contributed by atoms with Gasteiger partial charge in [0.15, 0.2) is 8.32 Å². The van der Waals surface area contributed by atoms with Gasteiger partial charge in [-0.25, -0.2) is 0 Å². The Morgan fingerprint density at radius 2 is 1.95 bits per heavy atom. The highest BCUT2D eigenvalue weighted by Gasteiger charge is 2.43. The Morgan fingerprint density at radius 3 is 2.45 bits per heavy atom. The van der Waals surface area contributed by atoms with E-state index in [-0.39, 0.29) is 5.04 Å². The van der Waals surface area contributed by atoms with Gasteiger partial charge in [0.2, 0.25) is 0 Å². The van der Waals surface area contributed by atoms with Crippen molar-refractivity contribution >= 4 is 36.6 Å². The van der Waals surface area contributed by atoms with Gasteiger partial charge < -0.3 is 9.74 Å². The third-order valence-corrected chi connectivity index (χ3v) is 9.82. The Bertz CT molecular complexity index is 470. The molecule has 1 fully saturated rings. The minimum atomic E-state index is -1.65. The average Bonchev–Trinajstić information content (AvgIpc) is 2.31. The van der Waals surface area contributed by atoms with Gasteiger partial charge in [-0.15, -0.1) is 0 Å². The molecule has 0 unspecified atom stereocenters. The largest absolute Gasteiger partial charge is 0.412 e. The van der Waals surface area contributed by atoms with Crippen LogP contribution in [0.15, 0.2) is 24.3 Å². The molecule has 0 radical (unpaired) electrons. The fourth-order valence-electron chi connectivity index (χ4n) is 2.12. The van der Waals surface area contributed by atoms with Gasteiger partial charge in [-0.2, -0.15) is 0 Å². The van der Waals surface area contributed by atoms with Crippen molar-refractivity contribution in [2.24, 2.45) is 0 Å². The molecule has 112 valence electrons. The minimum absolute atomic E-state index is 0.287. The van der Waals surface area contributed by atoms with Crippen molar-refractivity contribution in [2.45, 2.75) is 63.9 Å². The minimum Gasteiger partial charge on any atom is -0.412 e. The summed E-state index contributed by atoms with van der Waals surface area (Å²) in [5.41, 5.74) is 1.21. The summed E-state index contributed by atoms with van der Waals surface area (Å²) >= 11 is 2.36. The SMILES string of the molecule is CC(C)(C)[Si](C)(C)O[C@H]1CC[C@@H]1Nc1cccc(I)c1. The monoisotopic (exact) mass is 403 g/mol. The highest BCUT2D eigenvalue weighted by molar-refractivity contribution is 14.1. The van der Waals surface area contributed by atoms with Crippen LogP contribution in [-0.2, 0) is 4.43 Å². The summed E-state index contributed by atoms with van der Waals surface area (Å²) in [6, 6.07) is 9.04. The van der Waals surface area contributed by atoms with E-state index in [0.717, 1.165) is 0 Å². The van der Waals surface area contributed by atoms with E-state index < -0.39 is 8.32 Å². The number of anilines is 1. The van der Waals surface area contributed by atoms with Crippen LogP contribution in [0.5, 0.6) is 0 Å². The van der Waals surface area contributed by atoms with E-state index in [4.69, 9.17) is 4.43 Å². The van der Waals surface area contributed by atoms with Crippen LogP contribution >= 0.6 is 22.6 Å². The van der Waals surface area contributed by atoms with Crippen molar-refractivity contribution in [3.05, 3.63) is 27.8 Å². The van der Waals surface area contributed by atoms with Gasteiger partial charge in [0.05, 0.1) is 12.1 Å². The Balaban J connectivity index is 1.96. The second kappa shape index (κ2) is 5.97. The maximum absolute atomic E-state index is 6.53. The topological polar surface area (TPSA) is 21.3 Å². The summed E-state index contributed by atoms with van der Waals surface area (Å²) in [4.78, 5) is 0. The first kappa shape index (κ1) is 16.3. The number of nitrogens with one attached hydrogen (secondary N) is 1. The Morgan fingerprint density at radius 1 is 1.25 bits per heavy atom. The zero-order valence-corrected chi connectivity index (χ0v) is 16.3. The first-order valence-electron chi connectivity index (χ1n) is 7.39.